The molecule has 0 fully saturated rings. The molecule has 1 aliphatic heterocycles. The average Bonchev–Trinajstić information content (AvgIpc) is 3.04. The van der Waals surface area contributed by atoms with Gasteiger partial charge in [0.15, 0.2) is 5.78 Å². The van der Waals surface area contributed by atoms with Gasteiger partial charge in [-0.05, 0) is 64.0 Å². The van der Waals surface area contributed by atoms with Gasteiger partial charge >= 0.3 is 0 Å². The first-order valence-corrected chi connectivity index (χ1v) is 10.5. The third kappa shape index (κ3) is 2.74. The van der Waals surface area contributed by atoms with Crippen molar-refractivity contribution in [3.8, 4) is 5.69 Å². The van der Waals surface area contributed by atoms with Crippen molar-refractivity contribution in [3.63, 3.8) is 0 Å². The summed E-state index contributed by atoms with van der Waals surface area (Å²) in [5.41, 5.74) is 6.75. The number of nitrogens with zero attached hydrogens (tertiary/aromatic N) is 2. The maximum Gasteiger partial charge on any atom is 0.161 e. The molecule has 2 aliphatic carbocycles. The Kier molecular flexibility index (Phi) is 4.22. The number of aryl methyl sites for hydroxylation is 2. The molecular weight excluding hydrogens is 346 g/mol. The Balaban J connectivity index is 1.68. The maximum atomic E-state index is 13.0. The lowest BCUT2D eigenvalue weighted by molar-refractivity contribution is -0.116. The summed E-state index contributed by atoms with van der Waals surface area (Å²) in [5, 5.41) is 8.56. The number of nitrogens with one attached hydrogen (secondary N) is 1. The molecule has 1 N–H and O–H groups in total. The zero-order valence-electron chi connectivity index (χ0n) is 16.7. The number of carbonyl (C=O) groups is 1. The minimum Gasteiger partial charge on any atom is -0.343 e. The van der Waals surface area contributed by atoms with Gasteiger partial charge in [-0.2, -0.15) is 5.10 Å². The van der Waals surface area contributed by atoms with Crippen LogP contribution in [0.15, 0.2) is 47.7 Å². The molecule has 1 aromatic heterocycles. The molecule has 0 amide bonds. The van der Waals surface area contributed by atoms with Crippen molar-refractivity contribution in [2.24, 2.45) is 5.92 Å². The van der Waals surface area contributed by atoms with Gasteiger partial charge in [-0.15, -0.1) is 0 Å². The molecule has 28 heavy (non-hydrogen) atoms. The first-order chi connectivity index (χ1) is 13.6. The van der Waals surface area contributed by atoms with Crippen LogP contribution in [0.4, 0.5) is 5.82 Å². The molecule has 144 valence electrons. The van der Waals surface area contributed by atoms with Crippen LogP contribution in [0.25, 0.3) is 5.69 Å². The van der Waals surface area contributed by atoms with E-state index in [9.17, 15) is 4.79 Å². The van der Waals surface area contributed by atoms with E-state index in [1.165, 1.54) is 11.1 Å². The molecule has 4 heteroatoms. The molecule has 2 aromatic rings. The number of aromatic nitrogens is 2. The minimum atomic E-state index is 0.170. The summed E-state index contributed by atoms with van der Waals surface area (Å²) in [4.78, 5) is 13.0. The van der Waals surface area contributed by atoms with Gasteiger partial charge in [-0.25, -0.2) is 4.68 Å². The molecule has 0 bridgehead atoms. The second kappa shape index (κ2) is 6.77. The second-order valence-electron chi connectivity index (χ2n) is 8.41. The summed E-state index contributed by atoms with van der Waals surface area (Å²) in [6.07, 6.45) is 10.4. The predicted octanol–water partition coefficient (Wildman–Crippen LogP) is 5.36. The lowest BCUT2D eigenvalue weighted by Gasteiger charge is -2.37. The zero-order valence-corrected chi connectivity index (χ0v) is 16.7. The topological polar surface area (TPSA) is 46.9 Å². The summed E-state index contributed by atoms with van der Waals surface area (Å²) in [6.45, 7) is 4.19. The van der Waals surface area contributed by atoms with Gasteiger partial charge in [-0.1, -0.05) is 29.8 Å². The highest BCUT2D eigenvalue weighted by atomic mass is 16.1. The number of ketones is 1. The van der Waals surface area contributed by atoms with Gasteiger partial charge < -0.3 is 5.32 Å². The third-order valence-electron chi connectivity index (χ3n) is 6.51. The minimum absolute atomic E-state index is 0.170. The van der Waals surface area contributed by atoms with Crippen molar-refractivity contribution in [1.82, 2.24) is 9.78 Å². The van der Waals surface area contributed by atoms with Crippen LogP contribution in [-0.4, -0.2) is 15.6 Å². The van der Waals surface area contributed by atoms with Crippen molar-refractivity contribution < 1.29 is 4.79 Å². The largest absolute Gasteiger partial charge is 0.343 e. The highest BCUT2D eigenvalue weighted by Gasteiger charge is 2.41. The monoisotopic (exact) mass is 373 g/mol. The van der Waals surface area contributed by atoms with Crippen LogP contribution in [0.5, 0.6) is 0 Å². The molecule has 0 radical (unpaired) electrons. The number of benzene rings is 1. The summed E-state index contributed by atoms with van der Waals surface area (Å²) >= 11 is 0. The third-order valence-corrected chi connectivity index (χ3v) is 6.51. The molecule has 0 saturated carbocycles. The number of allylic oxidation sites excluding steroid dienone is 4. The van der Waals surface area contributed by atoms with E-state index >= 15 is 0 Å². The number of Topliss-reactive ketones (excluding diaryl/α,β-unsaturated/α-hetero) is 1. The van der Waals surface area contributed by atoms with Crippen LogP contribution < -0.4 is 5.32 Å². The fraction of sp³-hybridized carbons (Fsp3) is 0.417. The Morgan fingerprint density at radius 2 is 1.93 bits per heavy atom. The van der Waals surface area contributed by atoms with Crippen molar-refractivity contribution in [2.75, 3.05) is 5.32 Å². The number of hydrogen-bond donors (Lipinski definition) is 1. The average molecular weight is 374 g/mol. The van der Waals surface area contributed by atoms with Crippen molar-refractivity contribution in [2.45, 2.75) is 58.3 Å². The SMILES string of the molecule is Cc1ccc(-n2nc(C)c3c2NC2=C(C(=O)CCC2)[C@H]3[C@H]2CC=CCC2)cc1. The standard InChI is InChI=1S/C24H27N3O/c1-15-11-13-18(14-12-15)27-24-21(16(2)26-27)22(17-7-4-3-5-8-17)23-19(25-24)9-6-10-20(23)28/h3-4,11-14,17,22,25H,5-10H2,1-2H3/t17-,22-/m0/s1. The van der Waals surface area contributed by atoms with Gasteiger partial charge in [-0.3, -0.25) is 4.79 Å². The van der Waals surface area contributed by atoms with Crippen LogP contribution >= 0.6 is 0 Å². The Morgan fingerprint density at radius 1 is 1.11 bits per heavy atom. The Labute approximate surface area is 166 Å². The molecule has 0 spiro atoms. The summed E-state index contributed by atoms with van der Waals surface area (Å²) in [6, 6.07) is 8.50. The van der Waals surface area contributed by atoms with E-state index in [1.54, 1.807) is 0 Å². The van der Waals surface area contributed by atoms with Gasteiger partial charge in [0, 0.05) is 29.2 Å². The van der Waals surface area contributed by atoms with E-state index in [0.29, 0.717) is 18.1 Å². The smallest absolute Gasteiger partial charge is 0.161 e. The molecule has 0 unspecified atom stereocenters. The zero-order chi connectivity index (χ0) is 19.3. The normalized spacial score (nSPS) is 24.0. The predicted molar refractivity (Wildman–Crippen MR) is 112 cm³/mol. The first-order valence-electron chi connectivity index (χ1n) is 10.5. The molecule has 1 aromatic carbocycles. The molecule has 3 aliphatic rings. The highest BCUT2D eigenvalue weighted by molar-refractivity contribution is 6.00. The van der Waals surface area contributed by atoms with E-state index in [4.69, 9.17) is 5.10 Å². The molecule has 5 rings (SSSR count). The highest BCUT2D eigenvalue weighted by Crippen LogP contribution is 2.49. The fourth-order valence-electron chi connectivity index (χ4n) is 5.14. The van der Waals surface area contributed by atoms with Crippen molar-refractivity contribution >= 4 is 11.6 Å². The van der Waals surface area contributed by atoms with E-state index < -0.39 is 0 Å². The van der Waals surface area contributed by atoms with Crippen LogP contribution in [-0.2, 0) is 4.79 Å². The molecular formula is C24H27N3O. The Morgan fingerprint density at radius 3 is 2.68 bits per heavy atom. The van der Waals surface area contributed by atoms with Crippen LogP contribution in [0.2, 0.25) is 0 Å². The molecule has 2 heterocycles. The van der Waals surface area contributed by atoms with Crippen LogP contribution in [0, 0.1) is 19.8 Å². The van der Waals surface area contributed by atoms with Crippen LogP contribution in [0.1, 0.15) is 61.3 Å². The maximum absolute atomic E-state index is 13.0. The summed E-state index contributed by atoms with van der Waals surface area (Å²) in [5.74, 6) is 2.05. The van der Waals surface area contributed by atoms with E-state index in [0.717, 1.165) is 60.6 Å². The van der Waals surface area contributed by atoms with Crippen molar-refractivity contribution in [3.05, 3.63) is 64.5 Å². The lowest BCUT2D eigenvalue weighted by atomic mass is 9.70. The Bertz CT molecular complexity index is 994. The van der Waals surface area contributed by atoms with Gasteiger partial charge in [0.2, 0.25) is 0 Å². The number of carbonyl (C=O) groups excluding carboxylic acids is 1. The first kappa shape index (κ1) is 17.5. The number of rotatable bonds is 2. The van der Waals surface area contributed by atoms with Gasteiger partial charge in [0.25, 0.3) is 0 Å². The van der Waals surface area contributed by atoms with E-state index in [1.807, 2.05) is 4.68 Å². The summed E-state index contributed by atoms with van der Waals surface area (Å²) < 4.78 is 2.04. The second-order valence-corrected chi connectivity index (χ2v) is 8.41. The number of fused-ring (bicyclic) bond motifs is 1. The fourth-order valence-corrected chi connectivity index (χ4v) is 5.14. The Hall–Kier alpha value is -2.62. The van der Waals surface area contributed by atoms with E-state index in [-0.39, 0.29) is 5.92 Å². The van der Waals surface area contributed by atoms with Crippen molar-refractivity contribution in [1.29, 1.82) is 0 Å². The number of hydrogen-bond acceptors (Lipinski definition) is 3. The quantitative estimate of drug-likeness (QED) is 0.721. The van der Waals surface area contributed by atoms with E-state index in [2.05, 4.69) is 55.6 Å². The van der Waals surface area contributed by atoms with Crippen LogP contribution in [0.3, 0.4) is 0 Å². The molecule has 2 atom stereocenters. The summed E-state index contributed by atoms with van der Waals surface area (Å²) in [7, 11) is 0. The lowest BCUT2D eigenvalue weighted by Crippen LogP contribution is -2.31. The van der Waals surface area contributed by atoms with Gasteiger partial charge in [0.05, 0.1) is 11.4 Å². The molecule has 0 saturated heterocycles. The van der Waals surface area contributed by atoms with Gasteiger partial charge in [0.1, 0.15) is 5.82 Å². The molecule has 4 nitrogen and oxygen atoms in total. The number of anilines is 1.